The predicted octanol–water partition coefficient (Wildman–Crippen LogP) is 1.83. The van der Waals surface area contributed by atoms with Crippen molar-refractivity contribution in [3.63, 3.8) is 0 Å². The standard InChI is InChI=1S/C10H11NO3S/c12-8(9-11-4-5-15-9)6-2-1-3-7(6)10(13)14/h4-7H,1-3H2,(H,13,14). The average molecular weight is 225 g/mol. The molecule has 0 aromatic carbocycles. The molecule has 1 aliphatic rings. The van der Waals surface area contributed by atoms with Crippen LogP contribution in [-0.4, -0.2) is 21.8 Å². The van der Waals surface area contributed by atoms with Crippen molar-refractivity contribution in [3.8, 4) is 0 Å². The Kier molecular flexibility index (Phi) is 2.81. The van der Waals surface area contributed by atoms with Gasteiger partial charge >= 0.3 is 5.97 Å². The van der Waals surface area contributed by atoms with Gasteiger partial charge < -0.3 is 5.11 Å². The van der Waals surface area contributed by atoms with Crippen molar-refractivity contribution in [2.75, 3.05) is 0 Å². The molecule has 0 amide bonds. The van der Waals surface area contributed by atoms with E-state index >= 15 is 0 Å². The first-order valence-corrected chi connectivity index (χ1v) is 5.74. The van der Waals surface area contributed by atoms with Gasteiger partial charge in [-0.15, -0.1) is 11.3 Å². The van der Waals surface area contributed by atoms with Gasteiger partial charge in [0.25, 0.3) is 0 Å². The van der Waals surface area contributed by atoms with Crippen LogP contribution in [0.5, 0.6) is 0 Å². The largest absolute Gasteiger partial charge is 0.481 e. The van der Waals surface area contributed by atoms with Crippen molar-refractivity contribution in [1.82, 2.24) is 4.98 Å². The summed E-state index contributed by atoms with van der Waals surface area (Å²) in [6, 6.07) is 0. The van der Waals surface area contributed by atoms with Crippen LogP contribution in [0.25, 0.3) is 0 Å². The molecule has 1 fully saturated rings. The van der Waals surface area contributed by atoms with E-state index < -0.39 is 11.9 Å². The van der Waals surface area contributed by atoms with E-state index in [9.17, 15) is 9.59 Å². The first-order chi connectivity index (χ1) is 7.20. The fourth-order valence-electron chi connectivity index (χ4n) is 2.07. The number of ketones is 1. The molecular formula is C10H11NO3S. The van der Waals surface area contributed by atoms with Crippen LogP contribution < -0.4 is 0 Å². The van der Waals surface area contributed by atoms with Crippen molar-refractivity contribution >= 4 is 23.1 Å². The second kappa shape index (κ2) is 4.10. The topological polar surface area (TPSA) is 67.3 Å². The highest BCUT2D eigenvalue weighted by molar-refractivity contribution is 7.11. The van der Waals surface area contributed by atoms with Crippen molar-refractivity contribution in [2.45, 2.75) is 19.3 Å². The Bertz CT molecular complexity index is 374. The van der Waals surface area contributed by atoms with Gasteiger partial charge in [0, 0.05) is 17.5 Å². The Morgan fingerprint density at radius 2 is 2.13 bits per heavy atom. The van der Waals surface area contributed by atoms with E-state index in [-0.39, 0.29) is 11.7 Å². The third-order valence-corrected chi connectivity index (χ3v) is 3.60. The zero-order chi connectivity index (χ0) is 10.8. The van der Waals surface area contributed by atoms with Crippen molar-refractivity contribution < 1.29 is 14.7 Å². The van der Waals surface area contributed by atoms with Gasteiger partial charge in [0.2, 0.25) is 0 Å². The minimum absolute atomic E-state index is 0.102. The zero-order valence-corrected chi connectivity index (χ0v) is 8.87. The SMILES string of the molecule is O=C(O)C1CCCC1C(=O)c1nccs1. The summed E-state index contributed by atoms with van der Waals surface area (Å²) < 4.78 is 0. The number of aromatic nitrogens is 1. The average Bonchev–Trinajstić information content (AvgIpc) is 2.88. The number of nitrogens with zero attached hydrogens (tertiary/aromatic N) is 1. The lowest BCUT2D eigenvalue weighted by Crippen LogP contribution is -2.25. The Morgan fingerprint density at radius 3 is 2.73 bits per heavy atom. The van der Waals surface area contributed by atoms with Crippen molar-refractivity contribution in [3.05, 3.63) is 16.6 Å². The van der Waals surface area contributed by atoms with Gasteiger partial charge in [-0.25, -0.2) is 4.98 Å². The molecule has 1 saturated carbocycles. The van der Waals surface area contributed by atoms with E-state index in [1.807, 2.05) is 0 Å². The van der Waals surface area contributed by atoms with Gasteiger partial charge in [-0.2, -0.15) is 0 Å². The number of aliphatic carboxylic acids is 1. The van der Waals surface area contributed by atoms with Crippen LogP contribution >= 0.6 is 11.3 Å². The molecule has 2 rings (SSSR count). The third kappa shape index (κ3) is 1.92. The smallest absolute Gasteiger partial charge is 0.307 e. The maximum atomic E-state index is 11.9. The second-order valence-corrected chi connectivity index (χ2v) is 4.58. The number of carbonyl (C=O) groups is 2. The van der Waals surface area contributed by atoms with Crippen LogP contribution in [0.4, 0.5) is 0 Å². The predicted molar refractivity (Wildman–Crippen MR) is 54.9 cm³/mol. The van der Waals surface area contributed by atoms with Crippen LogP contribution in [0, 0.1) is 11.8 Å². The molecule has 1 N–H and O–H groups in total. The summed E-state index contributed by atoms with van der Waals surface area (Å²) in [7, 11) is 0. The first kappa shape index (κ1) is 10.3. The van der Waals surface area contributed by atoms with E-state index in [0.29, 0.717) is 17.8 Å². The van der Waals surface area contributed by atoms with Gasteiger partial charge in [-0.3, -0.25) is 9.59 Å². The maximum absolute atomic E-state index is 11.9. The van der Waals surface area contributed by atoms with Gasteiger partial charge in [-0.1, -0.05) is 6.42 Å². The summed E-state index contributed by atoms with van der Waals surface area (Å²) in [6.45, 7) is 0. The van der Waals surface area contributed by atoms with Crippen LogP contribution in [0.15, 0.2) is 11.6 Å². The fourth-order valence-corrected chi connectivity index (χ4v) is 2.71. The molecule has 1 aromatic heterocycles. The third-order valence-electron chi connectivity index (χ3n) is 2.81. The molecule has 1 aliphatic carbocycles. The molecule has 0 bridgehead atoms. The summed E-state index contributed by atoms with van der Waals surface area (Å²) in [5, 5.41) is 11.1. The van der Waals surface area contributed by atoms with Crippen LogP contribution in [-0.2, 0) is 4.79 Å². The summed E-state index contributed by atoms with van der Waals surface area (Å²) >= 11 is 1.28. The number of rotatable bonds is 3. The molecule has 15 heavy (non-hydrogen) atoms. The van der Waals surface area contributed by atoms with Crippen LogP contribution in [0.3, 0.4) is 0 Å². The number of carboxylic acids is 1. The first-order valence-electron chi connectivity index (χ1n) is 4.86. The van der Waals surface area contributed by atoms with E-state index in [2.05, 4.69) is 4.98 Å². The monoisotopic (exact) mass is 225 g/mol. The molecule has 2 unspecified atom stereocenters. The van der Waals surface area contributed by atoms with Gasteiger partial charge in [0.05, 0.1) is 5.92 Å². The summed E-state index contributed by atoms with van der Waals surface area (Å²) in [4.78, 5) is 26.8. The van der Waals surface area contributed by atoms with Crippen LogP contribution in [0.1, 0.15) is 29.1 Å². The number of thiazole rings is 1. The van der Waals surface area contributed by atoms with Gasteiger partial charge in [0.1, 0.15) is 0 Å². The molecule has 0 saturated heterocycles. The Hall–Kier alpha value is -1.23. The lowest BCUT2D eigenvalue weighted by molar-refractivity contribution is -0.142. The minimum atomic E-state index is -0.859. The summed E-state index contributed by atoms with van der Waals surface area (Å²) in [5.74, 6) is -1.84. The van der Waals surface area contributed by atoms with Crippen molar-refractivity contribution in [1.29, 1.82) is 0 Å². The molecular weight excluding hydrogens is 214 g/mol. The van der Waals surface area contributed by atoms with E-state index in [0.717, 1.165) is 6.42 Å². The highest BCUT2D eigenvalue weighted by Gasteiger charge is 2.38. The molecule has 80 valence electrons. The lowest BCUT2D eigenvalue weighted by atomic mass is 9.92. The van der Waals surface area contributed by atoms with Gasteiger partial charge in [-0.05, 0) is 12.8 Å². The highest BCUT2D eigenvalue weighted by atomic mass is 32.1. The second-order valence-electron chi connectivity index (χ2n) is 3.68. The highest BCUT2D eigenvalue weighted by Crippen LogP contribution is 2.34. The zero-order valence-electron chi connectivity index (χ0n) is 8.05. The Labute approximate surface area is 91.0 Å². The van der Waals surface area contributed by atoms with E-state index in [4.69, 9.17) is 5.11 Å². The van der Waals surface area contributed by atoms with Crippen LogP contribution in [0.2, 0.25) is 0 Å². The minimum Gasteiger partial charge on any atom is -0.481 e. The molecule has 0 aliphatic heterocycles. The molecule has 4 nitrogen and oxygen atoms in total. The summed E-state index contributed by atoms with van der Waals surface area (Å²) in [6.07, 6.45) is 3.67. The Morgan fingerprint density at radius 1 is 1.40 bits per heavy atom. The summed E-state index contributed by atoms with van der Waals surface area (Å²) in [5.41, 5.74) is 0. The molecule has 5 heteroatoms. The molecule has 0 radical (unpaired) electrons. The molecule has 1 aromatic rings. The normalized spacial score (nSPS) is 25.3. The number of carboxylic acid groups (broad SMARTS) is 1. The van der Waals surface area contributed by atoms with E-state index in [1.165, 1.54) is 11.3 Å². The lowest BCUT2D eigenvalue weighted by Gasteiger charge is -2.12. The van der Waals surface area contributed by atoms with E-state index in [1.54, 1.807) is 11.6 Å². The van der Waals surface area contributed by atoms with Crippen molar-refractivity contribution in [2.24, 2.45) is 11.8 Å². The molecule has 1 heterocycles. The molecule has 0 spiro atoms. The number of Topliss-reactive ketones (excluding diaryl/α,β-unsaturated/α-hetero) is 1. The maximum Gasteiger partial charge on any atom is 0.307 e. The quantitative estimate of drug-likeness (QED) is 0.797. The number of hydrogen-bond acceptors (Lipinski definition) is 4. The number of hydrogen-bond donors (Lipinski definition) is 1. The molecule has 2 atom stereocenters. The fraction of sp³-hybridized carbons (Fsp3) is 0.500. The Balaban J connectivity index is 2.17. The van der Waals surface area contributed by atoms with Gasteiger partial charge in [0.15, 0.2) is 10.8 Å². The number of carbonyl (C=O) groups excluding carboxylic acids is 1.